The van der Waals surface area contributed by atoms with Crippen LogP contribution in [0.2, 0.25) is 0 Å². The summed E-state index contributed by atoms with van der Waals surface area (Å²) in [6.45, 7) is 0. The van der Waals surface area contributed by atoms with Crippen LogP contribution in [0.1, 0.15) is 5.56 Å². The van der Waals surface area contributed by atoms with Gasteiger partial charge in [0.15, 0.2) is 0 Å². The van der Waals surface area contributed by atoms with Crippen molar-refractivity contribution in [2.75, 3.05) is 0 Å². The van der Waals surface area contributed by atoms with Crippen LogP contribution in [0.4, 0.5) is 0 Å². The van der Waals surface area contributed by atoms with E-state index in [-0.39, 0.29) is 0 Å². The van der Waals surface area contributed by atoms with Gasteiger partial charge in [-0.1, -0.05) is 0 Å². The van der Waals surface area contributed by atoms with Crippen molar-refractivity contribution in [2.24, 2.45) is 0 Å². The molecule has 0 unspecified atom stereocenters. The smallest absolute Gasteiger partial charge is 0.118 e. The molecule has 0 aliphatic rings. The molecule has 0 saturated carbocycles. The van der Waals surface area contributed by atoms with Gasteiger partial charge in [-0.25, -0.2) is 4.68 Å². The molecule has 0 N–H and O–H groups in total. The molecule has 2 heterocycles. The van der Waals surface area contributed by atoms with Crippen LogP contribution in [0.15, 0.2) is 41.9 Å². The van der Waals surface area contributed by atoms with E-state index in [9.17, 15) is 0 Å². The van der Waals surface area contributed by atoms with E-state index < -0.39 is 0 Å². The monoisotopic (exact) mass is 225 g/mol. The Morgan fingerprint density at radius 3 is 3.00 bits per heavy atom. The third-order valence-electron chi connectivity index (χ3n) is 2.41. The van der Waals surface area contributed by atoms with E-state index in [1.54, 1.807) is 17.5 Å². The van der Waals surface area contributed by atoms with Gasteiger partial charge >= 0.3 is 0 Å². The molecular formula is C12H7N3S. The summed E-state index contributed by atoms with van der Waals surface area (Å²) in [7, 11) is 0. The summed E-state index contributed by atoms with van der Waals surface area (Å²) < 4.78 is 1.89. The maximum absolute atomic E-state index is 8.81. The van der Waals surface area contributed by atoms with Gasteiger partial charge < -0.3 is 0 Å². The van der Waals surface area contributed by atoms with Crippen molar-refractivity contribution in [3.8, 4) is 11.1 Å². The average Bonchev–Trinajstić information content (AvgIpc) is 2.96. The fourth-order valence-electron chi connectivity index (χ4n) is 1.67. The normalized spacial score (nSPS) is 10.4. The van der Waals surface area contributed by atoms with Crippen LogP contribution in [0.5, 0.6) is 0 Å². The Labute approximate surface area is 96.2 Å². The summed E-state index contributed by atoms with van der Waals surface area (Å²) in [6, 6.07) is 11.7. The summed E-state index contributed by atoms with van der Waals surface area (Å²) in [5.41, 5.74) is 1.69. The zero-order valence-corrected chi connectivity index (χ0v) is 9.11. The van der Waals surface area contributed by atoms with Gasteiger partial charge in [0, 0.05) is 5.39 Å². The number of benzene rings is 1. The lowest BCUT2D eigenvalue weighted by atomic mass is 10.2. The summed E-state index contributed by atoms with van der Waals surface area (Å²) in [5, 5.41) is 17.2. The minimum atomic E-state index is 0.665. The summed E-state index contributed by atoms with van der Waals surface area (Å²) in [5.74, 6) is 0. The Morgan fingerprint density at radius 2 is 2.25 bits per heavy atom. The molecule has 0 radical (unpaired) electrons. The Hall–Kier alpha value is -2.12. The minimum absolute atomic E-state index is 0.665. The van der Waals surface area contributed by atoms with Crippen LogP contribution in [-0.2, 0) is 0 Å². The predicted octanol–water partition coefficient (Wildman–Crippen LogP) is 2.96. The molecule has 0 saturated heterocycles. The third kappa shape index (κ3) is 1.30. The summed E-state index contributed by atoms with van der Waals surface area (Å²) >= 11 is 1.64. The second-order valence-corrected chi connectivity index (χ2v) is 4.32. The Balaban J connectivity index is 2.26. The van der Waals surface area contributed by atoms with Crippen LogP contribution in [0.25, 0.3) is 15.9 Å². The van der Waals surface area contributed by atoms with Crippen molar-refractivity contribution in [1.29, 1.82) is 5.26 Å². The molecule has 0 bridgehead atoms. The van der Waals surface area contributed by atoms with Crippen LogP contribution in [-0.4, -0.2) is 9.78 Å². The number of hydrogen-bond acceptors (Lipinski definition) is 3. The van der Waals surface area contributed by atoms with Crippen LogP contribution < -0.4 is 0 Å². The topological polar surface area (TPSA) is 41.6 Å². The molecule has 3 aromatic rings. The van der Waals surface area contributed by atoms with Gasteiger partial charge in [0.25, 0.3) is 0 Å². The highest BCUT2D eigenvalue weighted by Crippen LogP contribution is 2.22. The highest BCUT2D eigenvalue weighted by molar-refractivity contribution is 7.12. The fourth-order valence-corrected chi connectivity index (χ4v) is 2.37. The van der Waals surface area contributed by atoms with Crippen molar-refractivity contribution < 1.29 is 0 Å². The number of nitriles is 1. The number of thiophene rings is 1. The molecular weight excluding hydrogens is 218 g/mol. The maximum Gasteiger partial charge on any atom is 0.118 e. The zero-order valence-electron chi connectivity index (χ0n) is 8.29. The molecule has 0 aliphatic heterocycles. The quantitative estimate of drug-likeness (QED) is 0.639. The Morgan fingerprint density at radius 1 is 1.31 bits per heavy atom. The van der Waals surface area contributed by atoms with E-state index in [4.69, 9.17) is 5.26 Å². The second-order valence-electron chi connectivity index (χ2n) is 3.39. The molecule has 0 fully saturated rings. The highest BCUT2D eigenvalue weighted by Gasteiger charge is 2.05. The first-order valence-corrected chi connectivity index (χ1v) is 5.68. The largest absolute Gasteiger partial charge is 0.223 e. The first kappa shape index (κ1) is 9.13. The van der Waals surface area contributed by atoms with Crippen molar-refractivity contribution in [3.05, 3.63) is 47.5 Å². The van der Waals surface area contributed by atoms with Gasteiger partial charge in [-0.05, 0) is 35.7 Å². The lowest BCUT2D eigenvalue weighted by Crippen LogP contribution is -1.91. The second kappa shape index (κ2) is 3.47. The third-order valence-corrected chi connectivity index (χ3v) is 3.26. The number of aromatic nitrogens is 2. The fraction of sp³-hybridized carbons (Fsp3) is 0. The highest BCUT2D eigenvalue weighted by atomic mass is 32.1. The zero-order chi connectivity index (χ0) is 11.0. The van der Waals surface area contributed by atoms with Gasteiger partial charge in [-0.2, -0.15) is 10.4 Å². The molecule has 2 aromatic heterocycles. The van der Waals surface area contributed by atoms with Crippen LogP contribution in [0.3, 0.4) is 0 Å². The first-order chi connectivity index (χ1) is 7.88. The van der Waals surface area contributed by atoms with Crippen LogP contribution >= 0.6 is 11.3 Å². The molecule has 0 aliphatic carbocycles. The standard InChI is InChI=1S/C12H7N3S/c13-7-9-3-4-11-10(6-9)8-14-15(11)12-2-1-5-16-12/h1-6,8H. The van der Waals surface area contributed by atoms with Crippen LogP contribution in [0, 0.1) is 11.3 Å². The van der Waals surface area contributed by atoms with Gasteiger partial charge in [0.2, 0.25) is 0 Å². The van der Waals surface area contributed by atoms with Crippen molar-refractivity contribution in [3.63, 3.8) is 0 Å². The van der Waals surface area contributed by atoms with Gasteiger partial charge in [0.1, 0.15) is 5.00 Å². The van der Waals surface area contributed by atoms with Gasteiger partial charge in [-0.3, -0.25) is 0 Å². The van der Waals surface area contributed by atoms with E-state index in [1.165, 1.54) is 0 Å². The van der Waals surface area contributed by atoms with Gasteiger partial charge in [0.05, 0.1) is 23.3 Å². The molecule has 4 heteroatoms. The van der Waals surface area contributed by atoms with Crippen molar-refractivity contribution >= 4 is 22.2 Å². The molecule has 3 nitrogen and oxygen atoms in total. The SMILES string of the molecule is N#Cc1ccc2c(cnn2-c2cccs2)c1. The number of nitrogens with zero attached hydrogens (tertiary/aromatic N) is 3. The summed E-state index contributed by atoms with van der Waals surface area (Å²) in [4.78, 5) is 0. The van der Waals surface area contributed by atoms with Gasteiger partial charge in [-0.15, -0.1) is 11.3 Å². The molecule has 3 rings (SSSR count). The van der Waals surface area contributed by atoms with E-state index in [0.29, 0.717) is 5.56 Å². The number of fused-ring (bicyclic) bond motifs is 1. The lowest BCUT2D eigenvalue weighted by Gasteiger charge is -1.98. The van der Waals surface area contributed by atoms with E-state index in [2.05, 4.69) is 11.2 Å². The predicted molar refractivity (Wildman–Crippen MR) is 63.7 cm³/mol. The molecule has 0 spiro atoms. The minimum Gasteiger partial charge on any atom is -0.223 e. The van der Waals surface area contributed by atoms with E-state index >= 15 is 0 Å². The number of hydrogen-bond donors (Lipinski definition) is 0. The average molecular weight is 225 g/mol. The Kier molecular flexibility index (Phi) is 1.98. The maximum atomic E-state index is 8.81. The van der Waals surface area contributed by atoms with E-state index in [1.807, 2.05) is 40.4 Å². The Bertz CT molecular complexity index is 674. The molecule has 0 atom stereocenters. The molecule has 16 heavy (non-hydrogen) atoms. The summed E-state index contributed by atoms with van der Waals surface area (Å²) in [6.07, 6.45) is 1.79. The lowest BCUT2D eigenvalue weighted by molar-refractivity contribution is 0.928. The number of rotatable bonds is 1. The molecule has 76 valence electrons. The molecule has 1 aromatic carbocycles. The molecule has 0 amide bonds. The van der Waals surface area contributed by atoms with Crippen molar-refractivity contribution in [1.82, 2.24) is 9.78 Å². The van der Waals surface area contributed by atoms with E-state index in [0.717, 1.165) is 15.9 Å². The first-order valence-electron chi connectivity index (χ1n) is 4.80. The van der Waals surface area contributed by atoms with Crippen molar-refractivity contribution in [2.45, 2.75) is 0 Å².